The molecule has 0 amide bonds. The van der Waals surface area contributed by atoms with Crippen LogP contribution in [-0.4, -0.2) is 18.5 Å². The Bertz CT molecular complexity index is 492. The van der Waals surface area contributed by atoms with Crippen LogP contribution in [0.15, 0.2) is 35.3 Å². The SMILES string of the molecule is CC1CC(C)(C)C2CN=C(NCc3ccccc3)NC12. The molecule has 3 rings (SSSR count). The lowest BCUT2D eigenvalue weighted by Crippen LogP contribution is -2.52. The van der Waals surface area contributed by atoms with Gasteiger partial charge in [0.2, 0.25) is 0 Å². The van der Waals surface area contributed by atoms with Crippen LogP contribution in [-0.2, 0) is 6.54 Å². The predicted octanol–water partition coefficient (Wildman–Crippen LogP) is 2.79. The molecule has 3 unspecified atom stereocenters. The Morgan fingerprint density at radius 2 is 2.05 bits per heavy atom. The summed E-state index contributed by atoms with van der Waals surface area (Å²) >= 11 is 0. The molecule has 3 heteroatoms. The largest absolute Gasteiger partial charge is 0.353 e. The summed E-state index contributed by atoms with van der Waals surface area (Å²) in [6.07, 6.45) is 1.29. The van der Waals surface area contributed by atoms with Gasteiger partial charge in [0.25, 0.3) is 0 Å². The molecule has 20 heavy (non-hydrogen) atoms. The third kappa shape index (κ3) is 2.54. The number of hydrogen-bond donors (Lipinski definition) is 2. The lowest BCUT2D eigenvalue weighted by atomic mass is 9.80. The average Bonchev–Trinajstić information content (AvgIpc) is 2.67. The van der Waals surface area contributed by atoms with E-state index >= 15 is 0 Å². The molecule has 1 fully saturated rings. The zero-order valence-electron chi connectivity index (χ0n) is 12.7. The maximum atomic E-state index is 4.71. The minimum atomic E-state index is 0.408. The molecule has 108 valence electrons. The summed E-state index contributed by atoms with van der Waals surface area (Å²) in [5.41, 5.74) is 1.70. The van der Waals surface area contributed by atoms with Crippen LogP contribution in [0.5, 0.6) is 0 Å². The lowest BCUT2D eigenvalue weighted by Gasteiger charge is -2.34. The fourth-order valence-electron chi connectivity index (χ4n) is 3.88. The highest BCUT2D eigenvalue weighted by Crippen LogP contribution is 2.46. The molecule has 0 radical (unpaired) electrons. The number of guanidine groups is 1. The van der Waals surface area contributed by atoms with Gasteiger partial charge < -0.3 is 10.6 Å². The average molecular weight is 271 g/mol. The standard InChI is InChI=1S/C17H25N3/c1-12-9-17(2,3)14-11-19-16(20-15(12)14)18-10-13-7-5-4-6-8-13/h4-8,12,14-15H,9-11H2,1-3H3,(H2,18,19,20). The summed E-state index contributed by atoms with van der Waals surface area (Å²) in [6, 6.07) is 11.0. The van der Waals surface area contributed by atoms with Crippen LogP contribution in [0.4, 0.5) is 0 Å². The maximum Gasteiger partial charge on any atom is 0.191 e. The first kappa shape index (κ1) is 13.5. The molecule has 0 bridgehead atoms. The molecule has 0 saturated heterocycles. The van der Waals surface area contributed by atoms with Gasteiger partial charge in [0, 0.05) is 25.0 Å². The van der Waals surface area contributed by atoms with Crippen LogP contribution in [0.3, 0.4) is 0 Å². The van der Waals surface area contributed by atoms with Crippen LogP contribution >= 0.6 is 0 Å². The number of benzene rings is 1. The number of nitrogens with zero attached hydrogens (tertiary/aromatic N) is 1. The van der Waals surface area contributed by atoms with E-state index in [1.165, 1.54) is 12.0 Å². The summed E-state index contributed by atoms with van der Waals surface area (Å²) < 4.78 is 0. The van der Waals surface area contributed by atoms with Crippen molar-refractivity contribution in [2.24, 2.45) is 22.2 Å². The van der Waals surface area contributed by atoms with E-state index in [2.05, 4.69) is 55.7 Å². The third-order valence-electron chi connectivity index (χ3n) is 4.95. The second-order valence-electron chi connectivity index (χ2n) is 6.98. The Kier molecular flexibility index (Phi) is 3.45. The fraction of sp³-hybridized carbons (Fsp3) is 0.588. The first-order valence-corrected chi connectivity index (χ1v) is 7.65. The van der Waals surface area contributed by atoms with E-state index in [-0.39, 0.29) is 0 Å². The first-order valence-electron chi connectivity index (χ1n) is 7.65. The molecule has 1 saturated carbocycles. The van der Waals surface area contributed by atoms with E-state index in [1.807, 2.05) is 6.07 Å². The van der Waals surface area contributed by atoms with E-state index < -0.39 is 0 Å². The van der Waals surface area contributed by atoms with Crippen molar-refractivity contribution >= 4 is 5.96 Å². The van der Waals surface area contributed by atoms with E-state index in [1.54, 1.807) is 0 Å². The Balaban J connectivity index is 1.63. The summed E-state index contributed by atoms with van der Waals surface area (Å²) in [7, 11) is 0. The summed E-state index contributed by atoms with van der Waals surface area (Å²) in [5.74, 6) is 2.36. The van der Waals surface area contributed by atoms with Gasteiger partial charge in [0.15, 0.2) is 5.96 Å². The molecule has 2 aliphatic rings. The van der Waals surface area contributed by atoms with Crippen molar-refractivity contribution in [3.63, 3.8) is 0 Å². The second-order valence-corrected chi connectivity index (χ2v) is 6.98. The Hall–Kier alpha value is -1.51. The molecule has 3 nitrogen and oxygen atoms in total. The molecule has 2 N–H and O–H groups in total. The van der Waals surface area contributed by atoms with Gasteiger partial charge in [-0.1, -0.05) is 51.1 Å². The zero-order chi connectivity index (χ0) is 14.2. The van der Waals surface area contributed by atoms with Crippen LogP contribution in [0.25, 0.3) is 0 Å². The molecule has 1 aliphatic carbocycles. The molecular formula is C17H25N3. The molecule has 1 aliphatic heterocycles. The minimum absolute atomic E-state index is 0.408. The lowest BCUT2D eigenvalue weighted by molar-refractivity contribution is 0.238. The van der Waals surface area contributed by atoms with Crippen molar-refractivity contribution in [2.75, 3.05) is 6.54 Å². The summed E-state index contributed by atoms with van der Waals surface area (Å²) in [6.45, 7) is 8.91. The van der Waals surface area contributed by atoms with Crippen LogP contribution in [0.1, 0.15) is 32.8 Å². The van der Waals surface area contributed by atoms with Gasteiger partial charge >= 0.3 is 0 Å². The molecule has 1 heterocycles. The van der Waals surface area contributed by atoms with Gasteiger partial charge in [-0.2, -0.15) is 0 Å². The zero-order valence-corrected chi connectivity index (χ0v) is 12.7. The van der Waals surface area contributed by atoms with Crippen molar-refractivity contribution in [2.45, 2.75) is 39.8 Å². The fourth-order valence-corrected chi connectivity index (χ4v) is 3.88. The highest BCUT2D eigenvalue weighted by Gasteiger charge is 2.47. The third-order valence-corrected chi connectivity index (χ3v) is 4.95. The summed E-state index contributed by atoms with van der Waals surface area (Å²) in [5, 5.41) is 7.07. The van der Waals surface area contributed by atoms with Gasteiger partial charge in [-0.15, -0.1) is 0 Å². The topological polar surface area (TPSA) is 36.4 Å². The highest BCUT2D eigenvalue weighted by atomic mass is 15.2. The highest BCUT2D eigenvalue weighted by molar-refractivity contribution is 5.81. The first-order chi connectivity index (χ1) is 9.56. The number of hydrogen-bond acceptors (Lipinski definition) is 3. The molecular weight excluding hydrogens is 246 g/mol. The maximum absolute atomic E-state index is 4.71. The number of nitrogens with one attached hydrogen (secondary N) is 2. The van der Waals surface area contributed by atoms with Gasteiger partial charge in [0.05, 0.1) is 0 Å². The molecule has 1 aromatic rings. The number of rotatable bonds is 2. The van der Waals surface area contributed by atoms with Gasteiger partial charge in [-0.25, -0.2) is 0 Å². The van der Waals surface area contributed by atoms with Crippen LogP contribution in [0, 0.1) is 17.3 Å². The van der Waals surface area contributed by atoms with Crippen LogP contribution in [0.2, 0.25) is 0 Å². The Morgan fingerprint density at radius 1 is 1.30 bits per heavy atom. The van der Waals surface area contributed by atoms with Crippen LogP contribution < -0.4 is 10.6 Å². The van der Waals surface area contributed by atoms with Crippen molar-refractivity contribution in [3.05, 3.63) is 35.9 Å². The van der Waals surface area contributed by atoms with E-state index in [4.69, 9.17) is 4.99 Å². The number of aliphatic imine (C=N–C) groups is 1. The van der Waals surface area contributed by atoms with E-state index in [0.29, 0.717) is 17.4 Å². The normalized spacial score (nSPS) is 31.1. The second kappa shape index (κ2) is 5.12. The summed E-state index contributed by atoms with van der Waals surface area (Å²) in [4.78, 5) is 4.71. The van der Waals surface area contributed by atoms with Gasteiger partial charge in [-0.05, 0) is 23.3 Å². The Morgan fingerprint density at radius 3 is 2.80 bits per heavy atom. The Labute approximate surface area is 121 Å². The molecule has 3 atom stereocenters. The van der Waals surface area contributed by atoms with Crippen molar-refractivity contribution in [1.82, 2.24) is 10.6 Å². The van der Waals surface area contributed by atoms with E-state index in [0.717, 1.165) is 25.0 Å². The van der Waals surface area contributed by atoms with Gasteiger partial charge in [0.1, 0.15) is 0 Å². The van der Waals surface area contributed by atoms with Crippen molar-refractivity contribution in [3.8, 4) is 0 Å². The number of fused-ring (bicyclic) bond motifs is 1. The van der Waals surface area contributed by atoms with Gasteiger partial charge in [-0.3, -0.25) is 4.99 Å². The monoisotopic (exact) mass is 271 g/mol. The smallest absolute Gasteiger partial charge is 0.191 e. The van der Waals surface area contributed by atoms with Crippen molar-refractivity contribution < 1.29 is 0 Å². The van der Waals surface area contributed by atoms with E-state index in [9.17, 15) is 0 Å². The molecule has 1 aromatic carbocycles. The quantitative estimate of drug-likeness (QED) is 0.868. The van der Waals surface area contributed by atoms with Crippen molar-refractivity contribution in [1.29, 1.82) is 0 Å². The minimum Gasteiger partial charge on any atom is -0.353 e. The molecule has 0 aromatic heterocycles. The molecule has 0 spiro atoms. The predicted molar refractivity (Wildman–Crippen MR) is 83.6 cm³/mol.